The molecule has 1 N–H and O–H groups in total. The number of likely N-dealkylation sites (tertiary alicyclic amines) is 2. The first-order chi connectivity index (χ1) is 11.3. The van der Waals surface area contributed by atoms with Crippen LogP contribution in [-0.2, 0) is 4.79 Å². The first kappa shape index (κ1) is 15.9. The van der Waals surface area contributed by atoms with Crippen LogP contribution in [0.25, 0.3) is 0 Å². The summed E-state index contributed by atoms with van der Waals surface area (Å²) in [7, 11) is 0. The molecular formula is C19H33N3O. The molecule has 130 valence electrons. The zero-order valence-corrected chi connectivity index (χ0v) is 14.5. The van der Waals surface area contributed by atoms with Gasteiger partial charge in [0.1, 0.15) is 0 Å². The predicted octanol–water partition coefficient (Wildman–Crippen LogP) is 2.38. The predicted molar refractivity (Wildman–Crippen MR) is 92.3 cm³/mol. The fourth-order valence-electron chi connectivity index (χ4n) is 4.98. The molecule has 4 rings (SSSR count). The summed E-state index contributed by atoms with van der Waals surface area (Å²) in [4.78, 5) is 17.8. The molecule has 4 fully saturated rings. The van der Waals surface area contributed by atoms with Gasteiger partial charge in [-0.3, -0.25) is 9.69 Å². The van der Waals surface area contributed by atoms with Crippen LogP contribution in [0.1, 0.15) is 64.2 Å². The Hall–Kier alpha value is -0.610. The highest BCUT2D eigenvalue weighted by atomic mass is 16.2. The second-order valence-electron chi connectivity index (χ2n) is 8.32. The number of hydrogen-bond donors (Lipinski definition) is 1. The van der Waals surface area contributed by atoms with Gasteiger partial charge in [-0.1, -0.05) is 12.8 Å². The maximum Gasteiger partial charge on any atom is 0.224 e. The molecule has 0 aromatic carbocycles. The summed E-state index contributed by atoms with van der Waals surface area (Å²) in [6.07, 6.45) is 13.0. The van der Waals surface area contributed by atoms with E-state index in [2.05, 4.69) is 15.1 Å². The Balaban J connectivity index is 1.25. The van der Waals surface area contributed by atoms with E-state index in [1.54, 1.807) is 0 Å². The van der Waals surface area contributed by atoms with Crippen LogP contribution in [0.3, 0.4) is 0 Å². The van der Waals surface area contributed by atoms with Gasteiger partial charge in [-0.2, -0.15) is 0 Å². The number of amides is 1. The van der Waals surface area contributed by atoms with Crippen molar-refractivity contribution in [3.05, 3.63) is 0 Å². The van der Waals surface area contributed by atoms with Crippen molar-refractivity contribution < 1.29 is 4.79 Å². The Kier molecular flexibility index (Phi) is 4.91. The molecule has 0 spiro atoms. The van der Waals surface area contributed by atoms with Crippen LogP contribution in [0, 0.1) is 5.92 Å². The third kappa shape index (κ3) is 3.90. The van der Waals surface area contributed by atoms with Crippen LogP contribution < -0.4 is 5.32 Å². The Labute approximate surface area is 141 Å². The molecule has 2 aliphatic carbocycles. The van der Waals surface area contributed by atoms with Crippen LogP contribution >= 0.6 is 0 Å². The van der Waals surface area contributed by atoms with Gasteiger partial charge >= 0.3 is 0 Å². The molecule has 4 aliphatic rings. The standard InChI is InChI=1S/C19H33N3O/c23-19(20-16-7-8-16)15-4-3-11-22(14-15)18-9-12-21(13-10-18)17-5-1-2-6-17/h15-18H,1-14H2,(H,20,23)/t15-/m1/s1. The average molecular weight is 319 g/mol. The van der Waals surface area contributed by atoms with Gasteiger partial charge in [0.05, 0.1) is 5.92 Å². The Morgan fingerprint density at radius 1 is 0.739 bits per heavy atom. The number of hydrogen-bond acceptors (Lipinski definition) is 3. The summed E-state index contributed by atoms with van der Waals surface area (Å²) in [5, 5.41) is 3.22. The van der Waals surface area contributed by atoms with Crippen molar-refractivity contribution in [1.29, 1.82) is 0 Å². The van der Waals surface area contributed by atoms with E-state index < -0.39 is 0 Å². The number of carbonyl (C=O) groups is 1. The molecule has 1 atom stereocenters. The van der Waals surface area contributed by atoms with Gasteiger partial charge in [0.2, 0.25) is 5.91 Å². The van der Waals surface area contributed by atoms with Crippen molar-refractivity contribution in [3.8, 4) is 0 Å². The maximum absolute atomic E-state index is 12.4. The monoisotopic (exact) mass is 319 g/mol. The minimum absolute atomic E-state index is 0.247. The maximum atomic E-state index is 12.4. The SMILES string of the molecule is O=C(NC1CC1)[C@@H]1CCCN(C2CCN(C3CCCC3)CC2)C1. The minimum Gasteiger partial charge on any atom is -0.353 e. The second-order valence-corrected chi connectivity index (χ2v) is 8.32. The summed E-state index contributed by atoms with van der Waals surface area (Å²) in [5.74, 6) is 0.581. The molecule has 2 saturated carbocycles. The Morgan fingerprint density at radius 3 is 2.13 bits per heavy atom. The summed E-state index contributed by atoms with van der Waals surface area (Å²) < 4.78 is 0. The molecular weight excluding hydrogens is 286 g/mol. The van der Waals surface area contributed by atoms with Crippen LogP contribution in [-0.4, -0.2) is 60.0 Å². The summed E-state index contributed by atoms with van der Waals surface area (Å²) >= 11 is 0. The lowest BCUT2D eigenvalue weighted by molar-refractivity contribution is -0.127. The molecule has 2 saturated heterocycles. The molecule has 0 radical (unpaired) electrons. The lowest BCUT2D eigenvalue weighted by Gasteiger charge is -2.43. The van der Waals surface area contributed by atoms with Gasteiger partial charge in [0, 0.05) is 24.7 Å². The van der Waals surface area contributed by atoms with E-state index in [1.165, 1.54) is 77.4 Å². The molecule has 1 amide bonds. The van der Waals surface area contributed by atoms with Gasteiger partial charge in [0.15, 0.2) is 0 Å². The highest BCUT2D eigenvalue weighted by molar-refractivity contribution is 5.79. The molecule has 4 heteroatoms. The summed E-state index contributed by atoms with van der Waals surface area (Å²) in [5.41, 5.74) is 0. The molecule has 0 unspecified atom stereocenters. The first-order valence-corrected chi connectivity index (χ1v) is 10.1. The van der Waals surface area contributed by atoms with Crippen molar-refractivity contribution in [2.75, 3.05) is 26.2 Å². The molecule has 0 aromatic rings. The van der Waals surface area contributed by atoms with Crippen LogP contribution in [0.15, 0.2) is 0 Å². The molecule has 2 aliphatic heterocycles. The van der Waals surface area contributed by atoms with Crippen molar-refractivity contribution in [1.82, 2.24) is 15.1 Å². The first-order valence-electron chi connectivity index (χ1n) is 10.1. The number of piperidine rings is 2. The normalized spacial score (nSPS) is 32.3. The van der Waals surface area contributed by atoms with Crippen LogP contribution in [0.4, 0.5) is 0 Å². The van der Waals surface area contributed by atoms with Crippen molar-refractivity contribution >= 4 is 5.91 Å². The Bertz CT molecular complexity index is 409. The van der Waals surface area contributed by atoms with Gasteiger partial charge in [-0.15, -0.1) is 0 Å². The van der Waals surface area contributed by atoms with E-state index >= 15 is 0 Å². The van der Waals surface area contributed by atoms with E-state index in [0.717, 1.165) is 25.0 Å². The molecule has 23 heavy (non-hydrogen) atoms. The highest BCUT2D eigenvalue weighted by Gasteiger charge is 2.34. The van der Waals surface area contributed by atoms with Gasteiger partial charge in [-0.25, -0.2) is 0 Å². The fraction of sp³-hybridized carbons (Fsp3) is 0.947. The van der Waals surface area contributed by atoms with Gasteiger partial charge < -0.3 is 10.2 Å². The van der Waals surface area contributed by atoms with E-state index in [1.807, 2.05) is 0 Å². The molecule has 4 nitrogen and oxygen atoms in total. The lowest BCUT2D eigenvalue weighted by atomic mass is 9.93. The topological polar surface area (TPSA) is 35.6 Å². The average Bonchev–Trinajstić information content (AvgIpc) is 3.24. The van der Waals surface area contributed by atoms with Crippen molar-refractivity contribution in [2.24, 2.45) is 5.92 Å². The van der Waals surface area contributed by atoms with E-state index in [0.29, 0.717) is 11.9 Å². The highest BCUT2D eigenvalue weighted by Crippen LogP contribution is 2.29. The summed E-state index contributed by atoms with van der Waals surface area (Å²) in [6, 6.07) is 2.12. The van der Waals surface area contributed by atoms with E-state index in [4.69, 9.17) is 0 Å². The van der Waals surface area contributed by atoms with Crippen molar-refractivity contribution in [2.45, 2.75) is 82.3 Å². The largest absolute Gasteiger partial charge is 0.353 e. The van der Waals surface area contributed by atoms with Crippen LogP contribution in [0.5, 0.6) is 0 Å². The second kappa shape index (κ2) is 7.10. The van der Waals surface area contributed by atoms with Gasteiger partial charge in [-0.05, 0) is 71.0 Å². The minimum atomic E-state index is 0.247. The zero-order chi connectivity index (χ0) is 15.6. The van der Waals surface area contributed by atoms with Crippen LogP contribution in [0.2, 0.25) is 0 Å². The zero-order valence-electron chi connectivity index (χ0n) is 14.5. The number of nitrogens with zero attached hydrogens (tertiary/aromatic N) is 2. The Morgan fingerprint density at radius 2 is 1.43 bits per heavy atom. The third-order valence-corrected chi connectivity index (χ3v) is 6.60. The van der Waals surface area contributed by atoms with Gasteiger partial charge in [0.25, 0.3) is 0 Å². The molecule has 0 bridgehead atoms. The summed E-state index contributed by atoms with van der Waals surface area (Å²) in [6.45, 7) is 4.78. The number of nitrogens with one attached hydrogen (secondary N) is 1. The number of rotatable bonds is 4. The van der Waals surface area contributed by atoms with E-state index in [-0.39, 0.29) is 5.92 Å². The number of carbonyl (C=O) groups excluding carboxylic acids is 1. The third-order valence-electron chi connectivity index (χ3n) is 6.60. The molecule has 2 heterocycles. The fourth-order valence-corrected chi connectivity index (χ4v) is 4.98. The quantitative estimate of drug-likeness (QED) is 0.864. The molecule has 0 aromatic heterocycles. The lowest BCUT2D eigenvalue weighted by Crippen LogP contribution is -2.52. The van der Waals surface area contributed by atoms with E-state index in [9.17, 15) is 4.79 Å². The smallest absolute Gasteiger partial charge is 0.224 e. The van der Waals surface area contributed by atoms with Crippen molar-refractivity contribution in [3.63, 3.8) is 0 Å².